The number of hydrogen-bond donors (Lipinski definition) is 0. The van der Waals surface area contributed by atoms with Gasteiger partial charge in [-0.1, -0.05) is 6.92 Å². The van der Waals surface area contributed by atoms with Crippen molar-refractivity contribution in [3.63, 3.8) is 0 Å². The first-order chi connectivity index (χ1) is 9.11. The van der Waals surface area contributed by atoms with Crippen molar-refractivity contribution in [2.75, 3.05) is 6.61 Å². The van der Waals surface area contributed by atoms with Crippen molar-refractivity contribution in [1.82, 2.24) is 24.7 Å². The second kappa shape index (κ2) is 5.97. The van der Waals surface area contributed by atoms with Crippen LogP contribution in [0.3, 0.4) is 0 Å². The fourth-order valence-corrected chi connectivity index (χ4v) is 1.76. The molecule has 0 aliphatic heterocycles. The summed E-state index contributed by atoms with van der Waals surface area (Å²) in [6.07, 6.45) is 2.59. The zero-order valence-corrected chi connectivity index (χ0v) is 11.9. The molecule has 2 aromatic rings. The van der Waals surface area contributed by atoms with Crippen LogP contribution in [0.25, 0.3) is 11.5 Å². The van der Waals surface area contributed by atoms with Gasteiger partial charge < -0.3 is 4.74 Å². The Morgan fingerprint density at radius 3 is 2.79 bits per heavy atom. The molecule has 102 valence electrons. The highest BCUT2D eigenvalue weighted by Crippen LogP contribution is 2.21. The third kappa shape index (κ3) is 3.20. The number of aromatic nitrogens is 5. The molecule has 0 amide bonds. The minimum atomic E-state index is 0.118. The Bertz CT molecular complexity index is 555. The van der Waals surface area contributed by atoms with Crippen molar-refractivity contribution in [3.8, 4) is 17.5 Å². The lowest BCUT2D eigenvalue weighted by atomic mass is 10.3. The monoisotopic (exact) mass is 281 g/mol. The summed E-state index contributed by atoms with van der Waals surface area (Å²) in [5.41, 5.74) is 0.792. The molecule has 0 saturated heterocycles. The summed E-state index contributed by atoms with van der Waals surface area (Å²) in [4.78, 5) is 12.3. The van der Waals surface area contributed by atoms with Crippen molar-refractivity contribution in [1.29, 1.82) is 0 Å². The Morgan fingerprint density at radius 1 is 1.32 bits per heavy atom. The summed E-state index contributed by atoms with van der Waals surface area (Å²) in [5.74, 6) is 0.470. The van der Waals surface area contributed by atoms with Crippen LogP contribution in [0.4, 0.5) is 0 Å². The second-order valence-corrected chi connectivity index (χ2v) is 4.65. The van der Waals surface area contributed by atoms with E-state index in [0.29, 0.717) is 12.4 Å². The molecular weight excluding hydrogens is 266 g/mol. The lowest BCUT2D eigenvalue weighted by Gasteiger charge is -2.10. The van der Waals surface area contributed by atoms with Gasteiger partial charge in [-0.25, -0.2) is 0 Å². The number of rotatable bonds is 5. The minimum Gasteiger partial charge on any atom is -0.463 e. The predicted octanol–water partition coefficient (Wildman–Crippen LogP) is 2.76. The molecule has 0 N–H and O–H groups in total. The van der Waals surface area contributed by atoms with Gasteiger partial charge in [-0.05, 0) is 37.9 Å². The van der Waals surface area contributed by atoms with E-state index in [2.05, 4.69) is 20.1 Å². The molecule has 0 aliphatic rings. The summed E-state index contributed by atoms with van der Waals surface area (Å²) in [6.45, 7) is 6.63. The van der Waals surface area contributed by atoms with Gasteiger partial charge in [0.25, 0.3) is 0 Å². The van der Waals surface area contributed by atoms with Crippen molar-refractivity contribution < 1.29 is 4.74 Å². The standard InChI is InChI=1S/C12H16ClN5O/c1-4-7-19-12-16-10(15-11(13)17-12)9-5-6-14-18(9)8(2)3/h5-6,8H,4,7H2,1-3H3. The van der Waals surface area contributed by atoms with Gasteiger partial charge in [-0.15, -0.1) is 0 Å². The maximum atomic E-state index is 5.91. The first kappa shape index (κ1) is 13.7. The van der Waals surface area contributed by atoms with Crippen LogP contribution in [-0.2, 0) is 0 Å². The lowest BCUT2D eigenvalue weighted by Crippen LogP contribution is -2.08. The van der Waals surface area contributed by atoms with E-state index in [4.69, 9.17) is 16.3 Å². The van der Waals surface area contributed by atoms with Gasteiger partial charge >= 0.3 is 6.01 Å². The zero-order valence-electron chi connectivity index (χ0n) is 11.2. The SMILES string of the molecule is CCCOc1nc(Cl)nc(-c2ccnn2C(C)C)n1. The fraction of sp³-hybridized carbons (Fsp3) is 0.500. The summed E-state index contributed by atoms with van der Waals surface area (Å²) in [5, 5.41) is 4.36. The molecule has 2 rings (SSSR count). The van der Waals surface area contributed by atoms with E-state index in [9.17, 15) is 0 Å². The lowest BCUT2D eigenvalue weighted by molar-refractivity contribution is 0.291. The van der Waals surface area contributed by atoms with Gasteiger partial charge in [-0.2, -0.15) is 20.1 Å². The molecule has 0 saturated carbocycles. The highest BCUT2D eigenvalue weighted by atomic mass is 35.5. The highest BCUT2D eigenvalue weighted by Gasteiger charge is 2.14. The smallest absolute Gasteiger partial charge is 0.321 e. The number of nitrogens with zero attached hydrogens (tertiary/aromatic N) is 5. The molecule has 6 nitrogen and oxygen atoms in total. The van der Waals surface area contributed by atoms with Crippen LogP contribution in [0, 0.1) is 0 Å². The topological polar surface area (TPSA) is 65.7 Å². The molecule has 0 atom stereocenters. The van der Waals surface area contributed by atoms with Crippen LogP contribution in [0.1, 0.15) is 33.2 Å². The third-order valence-corrected chi connectivity index (χ3v) is 2.58. The van der Waals surface area contributed by atoms with E-state index in [-0.39, 0.29) is 17.3 Å². The molecule has 0 radical (unpaired) electrons. The first-order valence-electron chi connectivity index (χ1n) is 6.20. The molecule has 0 aliphatic carbocycles. The Labute approximate surface area is 116 Å². The molecule has 2 heterocycles. The molecule has 2 aromatic heterocycles. The van der Waals surface area contributed by atoms with Gasteiger partial charge in [0.2, 0.25) is 5.28 Å². The highest BCUT2D eigenvalue weighted by molar-refractivity contribution is 6.28. The summed E-state index contributed by atoms with van der Waals surface area (Å²) < 4.78 is 7.23. The Hall–Kier alpha value is -1.69. The van der Waals surface area contributed by atoms with Gasteiger partial charge in [0.1, 0.15) is 5.69 Å². The fourth-order valence-electron chi connectivity index (χ4n) is 1.61. The first-order valence-corrected chi connectivity index (χ1v) is 6.58. The second-order valence-electron chi connectivity index (χ2n) is 4.31. The van der Waals surface area contributed by atoms with Crippen LogP contribution >= 0.6 is 11.6 Å². The number of hydrogen-bond acceptors (Lipinski definition) is 5. The average molecular weight is 282 g/mol. The van der Waals surface area contributed by atoms with Crippen molar-refractivity contribution in [2.24, 2.45) is 0 Å². The summed E-state index contributed by atoms with van der Waals surface area (Å²) >= 11 is 5.91. The molecule has 0 bridgehead atoms. The molecule has 0 fully saturated rings. The van der Waals surface area contributed by atoms with Gasteiger partial charge in [-0.3, -0.25) is 4.68 Å². The van der Waals surface area contributed by atoms with Crippen molar-refractivity contribution >= 4 is 11.6 Å². The maximum absolute atomic E-state index is 5.91. The molecule has 0 aromatic carbocycles. The zero-order chi connectivity index (χ0) is 13.8. The quantitative estimate of drug-likeness (QED) is 0.843. The Kier molecular flexibility index (Phi) is 4.31. The average Bonchev–Trinajstić information content (AvgIpc) is 2.85. The number of halogens is 1. The molecular formula is C12H16ClN5O. The van der Waals surface area contributed by atoms with E-state index in [1.165, 1.54) is 0 Å². The van der Waals surface area contributed by atoms with Gasteiger partial charge in [0.05, 0.1) is 6.61 Å². The number of ether oxygens (including phenoxy) is 1. The summed E-state index contributed by atoms with van der Waals surface area (Å²) in [7, 11) is 0. The van der Waals surface area contributed by atoms with Crippen LogP contribution in [0.2, 0.25) is 5.28 Å². The van der Waals surface area contributed by atoms with E-state index in [1.54, 1.807) is 6.20 Å². The van der Waals surface area contributed by atoms with Gasteiger partial charge in [0, 0.05) is 12.2 Å². The molecule has 0 spiro atoms. The van der Waals surface area contributed by atoms with E-state index in [0.717, 1.165) is 12.1 Å². The summed E-state index contributed by atoms with van der Waals surface area (Å²) in [6, 6.07) is 2.30. The van der Waals surface area contributed by atoms with Crippen LogP contribution in [0.5, 0.6) is 6.01 Å². The third-order valence-electron chi connectivity index (χ3n) is 2.41. The Morgan fingerprint density at radius 2 is 2.11 bits per heavy atom. The van der Waals surface area contributed by atoms with Crippen molar-refractivity contribution in [2.45, 2.75) is 33.2 Å². The normalized spacial score (nSPS) is 11.0. The van der Waals surface area contributed by atoms with E-state index >= 15 is 0 Å². The largest absolute Gasteiger partial charge is 0.463 e. The molecule has 19 heavy (non-hydrogen) atoms. The maximum Gasteiger partial charge on any atom is 0.321 e. The minimum absolute atomic E-state index is 0.118. The van der Waals surface area contributed by atoms with Gasteiger partial charge in [0.15, 0.2) is 5.82 Å². The predicted molar refractivity (Wildman–Crippen MR) is 72.2 cm³/mol. The molecule has 0 unspecified atom stereocenters. The van der Waals surface area contributed by atoms with Crippen molar-refractivity contribution in [3.05, 3.63) is 17.5 Å². The van der Waals surface area contributed by atoms with Crippen LogP contribution in [0.15, 0.2) is 12.3 Å². The van der Waals surface area contributed by atoms with Crippen LogP contribution < -0.4 is 4.74 Å². The van der Waals surface area contributed by atoms with E-state index in [1.807, 2.05) is 31.5 Å². The Balaban J connectivity index is 2.38. The van der Waals surface area contributed by atoms with E-state index < -0.39 is 0 Å². The molecule has 7 heteroatoms. The van der Waals surface area contributed by atoms with Crippen LogP contribution in [-0.4, -0.2) is 31.3 Å².